The van der Waals surface area contributed by atoms with Gasteiger partial charge in [-0.05, 0) is 12.8 Å². The molecule has 0 rings (SSSR count). The summed E-state index contributed by atoms with van der Waals surface area (Å²) >= 11 is 1.15. The third-order valence-electron chi connectivity index (χ3n) is 6.91. The Balaban J connectivity index is 4.14. The van der Waals surface area contributed by atoms with Crippen LogP contribution in [0.2, 0.25) is 0 Å². The van der Waals surface area contributed by atoms with Crippen LogP contribution in [-0.4, -0.2) is 69.0 Å². The van der Waals surface area contributed by atoms with Crippen LogP contribution in [0.5, 0.6) is 0 Å². The fourth-order valence-electron chi connectivity index (χ4n) is 4.31. The molecule has 2 atom stereocenters. The molecule has 0 N–H and O–H groups in total. The molecule has 9 heteroatoms. The zero-order valence-electron chi connectivity index (χ0n) is 26.8. The molecule has 240 valence electrons. The van der Waals surface area contributed by atoms with E-state index < -0.39 is 7.82 Å². The molecule has 0 aromatic heterocycles. The first-order chi connectivity index (χ1) is 19.1. The van der Waals surface area contributed by atoms with E-state index in [1.807, 2.05) is 21.1 Å². The zero-order chi connectivity index (χ0) is 30.0. The number of quaternary nitrogens is 1. The van der Waals surface area contributed by atoms with Gasteiger partial charge in [-0.1, -0.05) is 128 Å². The lowest BCUT2D eigenvalue weighted by Crippen LogP contribution is -2.37. The van der Waals surface area contributed by atoms with Crippen molar-refractivity contribution >= 4 is 24.7 Å². The largest absolute Gasteiger partial charge is 0.756 e. The van der Waals surface area contributed by atoms with Crippen molar-refractivity contribution < 1.29 is 32.5 Å². The minimum atomic E-state index is -4.42. The van der Waals surface area contributed by atoms with Crippen LogP contribution >= 0.6 is 19.6 Å². The molecule has 0 aromatic rings. The van der Waals surface area contributed by atoms with Crippen LogP contribution in [0.25, 0.3) is 0 Å². The monoisotopic (exact) mass is 609 g/mol. The van der Waals surface area contributed by atoms with Crippen molar-refractivity contribution in [3.8, 4) is 0 Å². The number of carbonyl (C=O) groups excluding carboxylic acids is 1. The number of nitrogens with zero attached hydrogens (tertiary/aromatic N) is 1. The number of unbranched alkanes of at least 4 members (excludes halogenated alkanes) is 16. The highest BCUT2D eigenvalue weighted by molar-refractivity contribution is 8.14. The fourth-order valence-corrected chi connectivity index (χ4v) is 6.09. The van der Waals surface area contributed by atoms with Crippen LogP contribution in [0, 0.1) is 0 Å². The Hall–Kier alpha value is 0.0500. The molecule has 0 aromatic carbocycles. The third kappa shape index (κ3) is 29.5. The molecule has 7 nitrogen and oxygen atoms in total. The van der Waals surface area contributed by atoms with E-state index in [0.29, 0.717) is 30.7 Å². The topological polar surface area (TPSA) is 84.9 Å². The number of phosphoric acid groups is 1. The highest BCUT2D eigenvalue weighted by Gasteiger charge is 2.20. The Morgan fingerprint density at radius 1 is 0.700 bits per heavy atom. The maximum atomic E-state index is 12.5. The quantitative estimate of drug-likeness (QED) is 0.0460. The average molecular weight is 610 g/mol. The lowest BCUT2D eigenvalue weighted by atomic mass is 10.0. The van der Waals surface area contributed by atoms with Crippen LogP contribution in [0.3, 0.4) is 0 Å². The Bertz CT molecular complexity index is 631. The number of likely N-dealkylation sites (N-methyl/N-ethyl adjacent to an activating group) is 1. The van der Waals surface area contributed by atoms with Gasteiger partial charge in [0.2, 0.25) is 0 Å². The average Bonchev–Trinajstić information content (AvgIpc) is 2.88. The summed E-state index contributed by atoms with van der Waals surface area (Å²) in [7, 11) is 1.48. The summed E-state index contributed by atoms with van der Waals surface area (Å²) in [6.45, 7) is 5.82. The summed E-state index contributed by atoms with van der Waals surface area (Å²) < 4.78 is 28.8. The molecule has 0 spiro atoms. The van der Waals surface area contributed by atoms with Crippen molar-refractivity contribution in [1.82, 2.24) is 0 Å². The molecule has 0 radical (unpaired) electrons. The standard InChI is InChI=1S/C31H64NO6PS/c1-6-8-10-12-13-14-15-16-17-18-19-20-21-23-26-36-28-30(40-31(33)24-22-11-9-7-2)29-38-39(34,35)37-27-25-32(3,4)5/h30H,6-29H2,1-5H3. The van der Waals surface area contributed by atoms with E-state index >= 15 is 0 Å². The number of rotatable bonds is 30. The highest BCUT2D eigenvalue weighted by Crippen LogP contribution is 2.39. The Labute approximate surface area is 252 Å². The van der Waals surface area contributed by atoms with Gasteiger partial charge in [-0.2, -0.15) is 0 Å². The van der Waals surface area contributed by atoms with Gasteiger partial charge in [0.25, 0.3) is 7.82 Å². The summed E-state index contributed by atoms with van der Waals surface area (Å²) in [5.41, 5.74) is 0. The van der Waals surface area contributed by atoms with E-state index in [1.54, 1.807) is 0 Å². The van der Waals surface area contributed by atoms with Crippen molar-refractivity contribution in [2.75, 3.05) is 54.1 Å². The molecule has 0 aliphatic carbocycles. The smallest absolute Gasteiger partial charge is 0.268 e. The second-order valence-corrected chi connectivity index (χ2v) is 15.0. The number of carbonyl (C=O) groups is 1. The molecule has 0 bridgehead atoms. The van der Waals surface area contributed by atoms with Crippen molar-refractivity contribution in [3.05, 3.63) is 0 Å². The van der Waals surface area contributed by atoms with Gasteiger partial charge in [-0.3, -0.25) is 9.36 Å². The van der Waals surface area contributed by atoms with E-state index in [-0.39, 0.29) is 23.6 Å². The lowest BCUT2D eigenvalue weighted by Gasteiger charge is -2.28. The van der Waals surface area contributed by atoms with Crippen molar-refractivity contribution in [3.63, 3.8) is 0 Å². The Kier molecular flexibility index (Phi) is 26.7. The molecule has 0 aliphatic rings. The van der Waals surface area contributed by atoms with E-state index in [4.69, 9.17) is 13.8 Å². The Morgan fingerprint density at radius 2 is 1.18 bits per heavy atom. The fraction of sp³-hybridized carbons (Fsp3) is 0.968. The third-order valence-corrected chi connectivity index (χ3v) is 8.95. The SMILES string of the molecule is CCCCCCCCCCCCCCCCOCC(COP(=O)([O-])OCC[N+](C)(C)C)SC(=O)CCCCCC. The summed E-state index contributed by atoms with van der Waals surface area (Å²) in [5, 5.41) is -0.300. The molecule has 0 saturated heterocycles. The second kappa shape index (κ2) is 26.7. The molecule has 40 heavy (non-hydrogen) atoms. The maximum absolute atomic E-state index is 12.5. The van der Waals surface area contributed by atoms with Crippen LogP contribution < -0.4 is 4.89 Å². The minimum Gasteiger partial charge on any atom is -0.756 e. The molecule has 0 amide bonds. The number of thioether (sulfide) groups is 1. The van der Waals surface area contributed by atoms with E-state index in [2.05, 4.69) is 13.8 Å². The zero-order valence-corrected chi connectivity index (χ0v) is 28.5. The molecular formula is C31H64NO6PS. The van der Waals surface area contributed by atoms with Crippen molar-refractivity contribution in [1.29, 1.82) is 0 Å². The molecule has 0 heterocycles. The summed E-state index contributed by atoms with van der Waals surface area (Å²) in [6.07, 6.45) is 23.0. The highest BCUT2D eigenvalue weighted by atomic mass is 32.2. The van der Waals surface area contributed by atoms with Gasteiger partial charge in [0.05, 0.1) is 39.6 Å². The first-order valence-corrected chi connectivity index (χ1v) is 18.6. The van der Waals surface area contributed by atoms with Crippen LogP contribution in [0.1, 0.15) is 136 Å². The molecule has 0 aliphatic heterocycles. The number of phosphoric ester groups is 1. The summed E-state index contributed by atoms with van der Waals surface area (Å²) in [6, 6.07) is 0. The van der Waals surface area contributed by atoms with Crippen LogP contribution in [0.15, 0.2) is 0 Å². The summed E-state index contributed by atoms with van der Waals surface area (Å²) in [4.78, 5) is 24.7. The molecule has 0 fully saturated rings. The van der Waals surface area contributed by atoms with Gasteiger partial charge in [0, 0.05) is 13.0 Å². The van der Waals surface area contributed by atoms with Crippen molar-refractivity contribution in [2.45, 2.75) is 141 Å². The normalized spacial score (nSPS) is 14.3. The Morgan fingerprint density at radius 3 is 1.68 bits per heavy atom. The molecule has 0 saturated carbocycles. The lowest BCUT2D eigenvalue weighted by molar-refractivity contribution is -0.870. The predicted octanol–water partition coefficient (Wildman–Crippen LogP) is 8.29. The first-order valence-electron chi connectivity index (χ1n) is 16.3. The van der Waals surface area contributed by atoms with Gasteiger partial charge >= 0.3 is 0 Å². The predicted molar refractivity (Wildman–Crippen MR) is 169 cm³/mol. The maximum Gasteiger partial charge on any atom is 0.268 e. The number of hydrogen-bond donors (Lipinski definition) is 0. The van der Waals surface area contributed by atoms with Gasteiger partial charge in [0.1, 0.15) is 13.2 Å². The van der Waals surface area contributed by atoms with E-state index in [0.717, 1.165) is 50.3 Å². The molecule has 2 unspecified atom stereocenters. The first kappa shape index (κ1) is 40.1. The minimum absolute atomic E-state index is 0.0636. The van der Waals surface area contributed by atoms with Gasteiger partial charge < -0.3 is 23.2 Å². The van der Waals surface area contributed by atoms with Gasteiger partial charge in [0.15, 0.2) is 5.12 Å². The van der Waals surface area contributed by atoms with Crippen LogP contribution in [-0.2, 0) is 23.1 Å². The van der Waals surface area contributed by atoms with E-state index in [1.165, 1.54) is 77.0 Å². The van der Waals surface area contributed by atoms with Crippen molar-refractivity contribution in [2.24, 2.45) is 0 Å². The summed E-state index contributed by atoms with van der Waals surface area (Å²) in [5.74, 6) is 0. The number of ether oxygens (including phenoxy) is 1. The molecular weight excluding hydrogens is 545 g/mol. The second-order valence-electron chi connectivity index (χ2n) is 12.2. The van der Waals surface area contributed by atoms with Gasteiger partial charge in [-0.25, -0.2) is 0 Å². The van der Waals surface area contributed by atoms with E-state index in [9.17, 15) is 14.3 Å². The number of hydrogen-bond acceptors (Lipinski definition) is 7. The van der Waals surface area contributed by atoms with Gasteiger partial charge in [-0.15, -0.1) is 0 Å². The van der Waals surface area contributed by atoms with Crippen LogP contribution in [0.4, 0.5) is 0 Å².